The number of halogens is 1. The van der Waals surface area contributed by atoms with E-state index in [0.717, 1.165) is 5.56 Å². The van der Waals surface area contributed by atoms with E-state index in [1.54, 1.807) is 30.3 Å². The smallest absolute Gasteiger partial charge is 0.255 e. The molecule has 94 valence electrons. The van der Waals surface area contributed by atoms with E-state index in [2.05, 4.69) is 5.32 Å². The topological polar surface area (TPSA) is 52.9 Å². The van der Waals surface area contributed by atoms with Crippen molar-refractivity contribution < 1.29 is 4.79 Å². The fraction of sp³-hybridized carbons (Fsp3) is 0.0667. The first-order valence-electron chi connectivity index (χ1n) is 5.69. The minimum Gasteiger partial charge on any atom is -0.322 e. The summed E-state index contributed by atoms with van der Waals surface area (Å²) in [5, 5.41) is 11.6. The Hall–Kier alpha value is -2.31. The minimum atomic E-state index is -0.246. The number of hydrogen-bond acceptors (Lipinski definition) is 2. The largest absolute Gasteiger partial charge is 0.322 e. The molecule has 0 aliphatic heterocycles. The summed E-state index contributed by atoms with van der Waals surface area (Å²) in [4.78, 5) is 12.0. The van der Waals surface area contributed by atoms with E-state index < -0.39 is 0 Å². The van der Waals surface area contributed by atoms with Gasteiger partial charge in [0.2, 0.25) is 0 Å². The maximum absolute atomic E-state index is 12.0. The number of benzene rings is 2. The van der Waals surface area contributed by atoms with E-state index in [-0.39, 0.29) is 5.91 Å². The van der Waals surface area contributed by atoms with Crippen LogP contribution in [0.15, 0.2) is 48.5 Å². The fourth-order valence-corrected chi connectivity index (χ4v) is 1.83. The van der Waals surface area contributed by atoms with Crippen LogP contribution in [0.5, 0.6) is 0 Å². The molecule has 2 aromatic carbocycles. The first-order chi connectivity index (χ1) is 9.22. The molecule has 4 heteroatoms. The molecule has 0 spiro atoms. The highest BCUT2D eigenvalue weighted by molar-refractivity contribution is 6.17. The summed E-state index contributed by atoms with van der Waals surface area (Å²) >= 11 is 5.74. The number of alkyl halides is 1. The predicted octanol–water partition coefficient (Wildman–Crippen LogP) is 3.55. The van der Waals surface area contributed by atoms with E-state index in [1.807, 2.05) is 24.3 Å². The number of nitriles is 1. The quantitative estimate of drug-likeness (QED) is 0.867. The lowest BCUT2D eigenvalue weighted by Gasteiger charge is -2.06. The molecule has 0 saturated heterocycles. The maximum atomic E-state index is 12.0. The third-order valence-electron chi connectivity index (χ3n) is 2.59. The molecule has 0 aliphatic carbocycles. The molecule has 0 aliphatic rings. The molecule has 2 rings (SSSR count). The molecule has 0 aromatic heterocycles. The summed E-state index contributed by atoms with van der Waals surface area (Å²) in [6.07, 6.45) is 0. The number of anilines is 1. The van der Waals surface area contributed by atoms with Crippen LogP contribution in [0.3, 0.4) is 0 Å². The number of carbonyl (C=O) groups excluding carboxylic acids is 1. The van der Waals surface area contributed by atoms with Crippen molar-refractivity contribution in [2.24, 2.45) is 0 Å². The molecule has 0 atom stereocenters. The van der Waals surface area contributed by atoms with Gasteiger partial charge in [0.15, 0.2) is 0 Å². The van der Waals surface area contributed by atoms with Crippen molar-refractivity contribution in [2.75, 3.05) is 5.32 Å². The summed E-state index contributed by atoms with van der Waals surface area (Å²) < 4.78 is 0. The molecule has 0 bridgehead atoms. The summed E-state index contributed by atoms with van der Waals surface area (Å²) in [5.74, 6) is 0.150. The van der Waals surface area contributed by atoms with Crippen LogP contribution in [-0.4, -0.2) is 5.91 Å². The molecular formula is C15H11ClN2O. The lowest BCUT2D eigenvalue weighted by Crippen LogP contribution is -2.12. The standard InChI is InChI=1S/C15H11ClN2O/c16-9-11-3-2-6-14(8-11)18-15(19)13-5-1-4-12(7-13)10-17/h1-8H,9H2,(H,18,19). The molecule has 19 heavy (non-hydrogen) atoms. The van der Waals surface area contributed by atoms with Crippen LogP contribution in [0, 0.1) is 11.3 Å². The molecule has 1 N–H and O–H groups in total. The monoisotopic (exact) mass is 270 g/mol. The zero-order chi connectivity index (χ0) is 13.7. The van der Waals surface area contributed by atoms with Gasteiger partial charge in [0.25, 0.3) is 5.91 Å². The molecular weight excluding hydrogens is 260 g/mol. The number of carbonyl (C=O) groups is 1. The van der Waals surface area contributed by atoms with Crippen LogP contribution in [0.4, 0.5) is 5.69 Å². The lowest BCUT2D eigenvalue weighted by atomic mass is 10.1. The molecule has 0 fully saturated rings. The normalized spacial score (nSPS) is 9.68. The van der Waals surface area contributed by atoms with Crippen LogP contribution in [0.1, 0.15) is 21.5 Å². The molecule has 2 aromatic rings. The first-order valence-corrected chi connectivity index (χ1v) is 6.23. The van der Waals surface area contributed by atoms with E-state index in [1.165, 1.54) is 0 Å². The maximum Gasteiger partial charge on any atom is 0.255 e. The van der Waals surface area contributed by atoms with Gasteiger partial charge >= 0.3 is 0 Å². The van der Waals surface area contributed by atoms with Crippen molar-refractivity contribution in [3.63, 3.8) is 0 Å². The second-order valence-electron chi connectivity index (χ2n) is 3.98. The van der Waals surface area contributed by atoms with Gasteiger partial charge in [0.05, 0.1) is 11.6 Å². The van der Waals surface area contributed by atoms with Crippen LogP contribution < -0.4 is 5.32 Å². The third-order valence-corrected chi connectivity index (χ3v) is 2.90. The van der Waals surface area contributed by atoms with Gasteiger partial charge in [-0.2, -0.15) is 5.26 Å². The molecule has 0 saturated carbocycles. The van der Waals surface area contributed by atoms with Crippen LogP contribution in [0.25, 0.3) is 0 Å². The Morgan fingerprint density at radius 3 is 2.74 bits per heavy atom. The van der Waals surface area contributed by atoms with E-state index in [4.69, 9.17) is 16.9 Å². The zero-order valence-electron chi connectivity index (χ0n) is 10.1. The Balaban J connectivity index is 2.18. The third kappa shape index (κ3) is 3.34. The molecule has 3 nitrogen and oxygen atoms in total. The Labute approximate surface area is 116 Å². The minimum absolute atomic E-state index is 0.246. The van der Waals surface area contributed by atoms with E-state index in [0.29, 0.717) is 22.7 Å². The van der Waals surface area contributed by atoms with Crippen LogP contribution in [-0.2, 0) is 5.88 Å². The number of nitrogens with zero attached hydrogens (tertiary/aromatic N) is 1. The molecule has 0 unspecified atom stereocenters. The van der Waals surface area contributed by atoms with Gasteiger partial charge in [0, 0.05) is 17.1 Å². The highest BCUT2D eigenvalue weighted by Gasteiger charge is 2.07. The van der Waals surface area contributed by atoms with Crippen molar-refractivity contribution in [3.8, 4) is 6.07 Å². The van der Waals surface area contributed by atoms with E-state index in [9.17, 15) is 4.79 Å². The van der Waals surface area contributed by atoms with Gasteiger partial charge in [-0.1, -0.05) is 18.2 Å². The Morgan fingerprint density at radius 2 is 2.00 bits per heavy atom. The van der Waals surface area contributed by atoms with Gasteiger partial charge in [-0.05, 0) is 35.9 Å². The van der Waals surface area contributed by atoms with Crippen molar-refractivity contribution in [2.45, 2.75) is 5.88 Å². The van der Waals surface area contributed by atoms with Gasteiger partial charge in [-0.25, -0.2) is 0 Å². The van der Waals surface area contributed by atoms with Gasteiger partial charge in [-0.3, -0.25) is 4.79 Å². The summed E-state index contributed by atoms with van der Waals surface area (Å²) in [5.41, 5.74) is 2.54. The Kier molecular flexibility index (Phi) is 4.17. The van der Waals surface area contributed by atoms with Crippen molar-refractivity contribution >= 4 is 23.2 Å². The van der Waals surface area contributed by atoms with Gasteiger partial charge in [-0.15, -0.1) is 11.6 Å². The first kappa shape index (κ1) is 13.1. The average Bonchev–Trinajstić information content (AvgIpc) is 2.47. The zero-order valence-corrected chi connectivity index (χ0v) is 10.8. The number of hydrogen-bond donors (Lipinski definition) is 1. The highest BCUT2D eigenvalue weighted by Crippen LogP contribution is 2.14. The molecule has 0 heterocycles. The SMILES string of the molecule is N#Cc1cccc(C(=O)Nc2cccc(CCl)c2)c1. The van der Waals surface area contributed by atoms with Crippen molar-refractivity contribution in [1.29, 1.82) is 5.26 Å². The Bertz CT molecular complexity index is 647. The fourth-order valence-electron chi connectivity index (χ4n) is 1.67. The predicted molar refractivity (Wildman–Crippen MR) is 75.1 cm³/mol. The Morgan fingerprint density at radius 1 is 1.21 bits per heavy atom. The van der Waals surface area contributed by atoms with Crippen LogP contribution >= 0.6 is 11.6 Å². The number of rotatable bonds is 3. The molecule has 1 amide bonds. The highest BCUT2D eigenvalue weighted by atomic mass is 35.5. The van der Waals surface area contributed by atoms with Gasteiger partial charge < -0.3 is 5.32 Å². The van der Waals surface area contributed by atoms with E-state index >= 15 is 0 Å². The van der Waals surface area contributed by atoms with Crippen LogP contribution in [0.2, 0.25) is 0 Å². The second-order valence-corrected chi connectivity index (χ2v) is 4.25. The number of amides is 1. The second kappa shape index (κ2) is 6.03. The average molecular weight is 271 g/mol. The van der Waals surface area contributed by atoms with Gasteiger partial charge in [0.1, 0.15) is 0 Å². The summed E-state index contributed by atoms with van der Waals surface area (Å²) in [6.45, 7) is 0. The summed E-state index contributed by atoms with van der Waals surface area (Å²) in [7, 11) is 0. The van der Waals surface area contributed by atoms with Crippen molar-refractivity contribution in [3.05, 3.63) is 65.2 Å². The molecule has 0 radical (unpaired) electrons. The summed E-state index contributed by atoms with van der Waals surface area (Å²) in [6, 6.07) is 15.9. The van der Waals surface area contributed by atoms with Crippen molar-refractivity contribution in [1.82, 2.24) is 0 Å². The number of nitrogens with one attached hydrogen (secondary N) is 1. The lowest BCUT2D eigenvalue weighted by molar-refractivity contribution is 0.102.